The van der Waals surface area contributed by atoms with E-state index in [2.05, 4.69) is 22.8 Å². The van der Waals surface area contributed by atoms with Crippen LogP contribution in [0.3, 0.4) is 0 Å². The van der Waals surface area contributed by atoms with E-state index in [1.165, 1.54) is 26.9 Å². The molecule has 0 aliphatic heterocycles. The Bertz CT molecular complexity index is 945. The number of hydrogen-bond acceptors (Lipinski definition) is 5. The summed E-state index contributed by atoms with van der Waals surface area (Å²) in [6.07, 6.45) is 3.24. The fraction of sp³-hybridized carbons (Fsp3) is 0.462. The summed E-state index contributed by atoms with van der Waals surface area (Å²) in [5.74, 6) is 0.494. The Kier molecular flexibility index (Phi) is 7.84. The zero-order valence-electron chi connectivity index (χ0n) is 20.1. The van der Waals surface area contributed by atoms with Crippen molar-refractivity contribution in [2.24, 2.45) is 5.92 Å². The highest BCUT2D eigenvalue weighted by Gasteiger charge is 2.39. The molecule has 0 heterocycles. The predicted molar refractivity (Wildman–Crippen MR) is 127 cm³/mol. The van der Waals surface area contributed by atoms with Crippen LogP contribution in [0.2, 0.25) is 0 Å². The minimum atomic E-state index is -0.676. The number of carbonyl (C=O) groups excluding carboxylic acids is 2. The second kappa shape index (κ2) is 10.6. The van der Waals surface area contributed by atoms with E-state index in [0.29, 0.717) is 29.4 Å². The molecule has 178 valence electrons. The zero-order valence-corrected chi connectivity index (χ0v) is 20.1. The Hall–Kier alpha value is -3.22. The first kappa shape index (κ1) is 24.4. The van der Waals surface area contributed by atoms with Gasteiger partial charge in [0.1, 0.15) is 6.04 Å². The molecule has 0 spiro atoms. The minimum absolute atomic E-state index is 0.0286. The molecule has 0 aromatic heterocycles. The lowest BCUT2D eigenvalue weighted by molar-refractivity contribution is -0.124. The first-order chi connectivity index (χ1) is 15.8. The maximum atomic E-state index is 13.1. The van der Waals surface area contributed by atoms with Gasteiger partial charge in [0.15, 0.2) is 11.5 Å². The molecular formula is C26H34N2O5. The van der Waals surface area contributed by atoms with Crippen LogP contribution in [0.4, 0.5) is 0 Å². The molecule has 1 aliphatic carbocycles. The topological polar surface area (TPSA) is 85.9 Å². The summed E-state index contributed by atoms with van der Waals surface area (Å²) in [5, 5.41) is 5.98. The maximum absolute atomic E-state index is 13.1. The van der Waals surface area contributed by atoms with Crippen molar-refractivity contribution in [1.29, 1.82) is 0 Å². The molecule has 2 aromatic rings. The molecule has 2 amide bonds. The van der Waals surface area contributed by atoms with Gasteiger partial charge in [0.2, 0.25) is 11.7 Å². The first-order valence-electron chi connectivity index (χ1n) is 11.3. The number of methoxy groups -OCH3 is 3. The fourth-order valence-corrected chi connectivity index (χ4v) is 4.30. The van der Waals surface area contributed by atoms with E-state index in [9.17, 15) is 9.59 Å². The molecule has 33 heavy (non-hydrogen) atoms. The number of benzene rings is 2. The van der Waals surface area contributed by atoms with Crippen LogP contribution in [0.25, 0.3) is 0 Å². The second-order valence-electron chi connectivity index (χ2n) is 8.83. The number of ether oxygens (including phenoxy) is 3. The lowest BCUT2D eigenvalue weighted by Crippen LogP contribution is -2.53. The van der Waals surface area contributed by atoms with Crippen molar-refractivity contribution in [2.75, 3.05) is 27.9 Å². The second-order valence-corrected chi connectivity index (χ2v) is 8.83. The molecule has 7 heteroatoms. The Morgan fingerprint density at radius 1 is 0.970 bits per heavy atom. The van der Waals surface area contributed by atoms with Crippen LogP contribution in [0, 0.1) is 5.92 Å². The summed E-state index contributed by atoms with van der Waals surface area (Å²) in [7, 11) is 4.49. The van der Waals surface area contributed by atoms with Crippen LogP contribution < -0.4 is 24.8 Å². The largest absolute Gasteiger partial charge is 0.493 e. The smallest absolute Gasteiger partial charge is 0.252 e. The molecule has 1 fully saturated rings. The highest BCUT2D eigenvalue weighted by molar-refractivity contribution is 5.98. The summed E-state index contributed by atoms with van der Waals surface area (Å²) in [5.41, 5.74) is 1.54. The molecule has 0 saturated heterocycles. The first-order valence-corrected chi connectivity index (χ1v) is 11.3. The van der Waals surface area contributed by atoms with Gasteiger partial charge < -0.3 is 24.8 Å². The van der Waals surface area contributed by atoms with Gasteiger partial charge >= 0.3 is 0 Å². The van der Waals surface area contributed by atoms with Crippen LogP contribution in [0.15, 0.2) is 42.5 Å². The van der Waals surface area contributed by atoms with Gasteiger partial charge in [0.25, 0.3) is 5.91 Å². The number of hydrogen-bond donors (Lipinski definition) is 2. The highest BCUT2D eigenvalue weighted by Crippen LogP contribution is 2.43. The standard InChI is InChI=1S/C26H34N2O5/c1-17(2)22(25(30)27-16-26(12-9-13-26)19-10-7-6-8-11-19)28-24(29)18-14-20(31-3)23(33-5)21(15-18)32-4/h6-8,10-11,14-15,17,22H,9,12-13,16H2,1-5H3,(H,27,30)(H,28,29). The van der Waals surface area contributed by atoms with Gasteiger partial charge in [-0.2, -0.15) is 0 Å². The van der Waals surface area contributed by atoms with Crippen LogP contribution >= 0.6 is 0 Å². The van der Waals surface area contributed by atoms with Crippen molar-refractivity contribution in [1.82, 2.24) is 10.6 Å². The Labute approximate surface area is 195 Å². The van der Waals surface area contributed by atoms with Crippen LogP contribution in [0.5, 0.6) is 17.2 Å². The molecule has 2 aromatic carbocycles. The molecule has 2 N–H and O–H groups in total. The van der Waals surface area contributed by atoms with Gasteiger partial charge in [-0.15, -0.1) is 0 Å². The molecule has 0 bridgehead atoms. The quantitative estimate of drug-likeness (QED) is 0.572. The van der Waals surface area contributed by atoms with Gasteiger partial charge in [-0.05, 0) is 36.5 Å². The molecule has 3 rings (SSSR count). The Morgan fingerprint density at radius 2 is 1.58 bits per heavy atom. The fourth-order valence-electron chi connectivity index (χ4n) is 4.30. The summed E-state index contributed by atoms with van der Waals surface area (Å²) in [6.45, 7) is 4.38. The summed E-state index contributed by atoms with van der Waals surface area (Å²) in [4.78, 5) is 26.2. The minimum Gasteiger partial charge on any atom is -0.493 e. The van der Waals surface area contributed by atoms with Gasteiger partial charge in [0.05, 0.1) is 21.3 Å². The van der Waals surface area contributed by atoms with E-state index in [0.717, 1.165) is 19.3 Å². The van der Waals surface area contributed by atoms with E-state index in [-0.39, 0.29) is 23.1 Å². The van der Waals surface area contributed by atoms with Crippen molar-refractivity contribution in [3.05, 3.63) is 53.6 Å². The Balaban J connectivity index is 1.73. The van der Waals surface area contributed by atoms with Crippen LogP contribution in [-0.2, 0) is 10.2 Å². The zero-order chi connectivity index (χ0) is 24.0. The van der Waals surface area contributed by atoms with Gasteiger partial charge in [0, 0.05) is 17.5 Å². The Morgan fingerprint density at radius 3 is 2.03 bits per heavy atom. The lowest BCUT2D eigenvalue weighted by Gasteiger charge is -2.43. The van der Waals surface area contributed by atoms with Crippen molar-refractivity contribution in [3.63, 3.8) is 0 Å². The molecular weight excluding hydrogens is 420 g/mol. The van der Waals surface area contributed by atoms with Gasteiger partial charge in [-0.1, -0.05) is 50.6 Å². The summed E-state index contributed by atoms with van der Waals surface area (Å²) < 4.78 is 16.0. The highest BCUT2D eigenvalue weighted by atomic mass is 16.5. The number of nitrogens with one attached hydrogen (secondary N) is 2. The van der Waals surface area contributed by atoms with E-state index in [4.69, 9.17) is 14.2 Å². The normalized spacial score (nSPS) is 15.2. The van der Waals surface area contributed by atoms with Gasteiger partial charge in [-0.25, -0.2) is 0 Å². The third kappa shape index (κ3) is 5.24. The number of carbonyl (C=O) groups is 2. The van der Waals surface area contributed by atoms with Crippen molar-refractivity contribution in [2.45, 2.75) is 44.6 Å². The lowest BCUT2D eigenvalue weighted by atomic mass is 9.64. The van der Waals surface area contributed by atoms with Crippen molar-refractivity contribution in [3.8, 4) is 17.2 Å². The van der Waals surface area contributed by atoms with E-state index in [1.807, 2.05) is 32.0 Å². The number of rotatable bonds is 10. The number of amides is 2. The molecule has 0 radical (unpaired) electrons. The molecule has 1 atom stereocenters. The molecule has 1 saturated carbocycles. The molecule has 1 unspecified atom stereocenters. The van der Waals surface area contributed by atoms with E-state index < -0.39 is 6.04 Å². The molecule has 1 aliphatic rings. The molecule has 7 nitrogen and oxygen atoms in total. The van der Waals surface area contributed by atoms with E-state index >= 15 is 0 Å². The monoisotopic (exact) mass is 454 g/mol. The average molecular weight is 455 g/mol. The average Bonchev–Trinajstić information content (AvgIpc) is 2.80. The third-order valence-corrected chi connectivity index (χ3v) is 6.46. The predicted octanol–water partition coefficient (Wildman–Crippen LogP) is 3.70. The summed E-state index contributed by atoms with van der Waals surface area (Å²) >= 11 is 0. The van der Waals surface area contributed by atoms with Crippen LogP contribution in [0.1, 0.15) is 49.0 Å². The van der Waals surface area contributed by atoms with Crippen molar-refractivity contribution < 1.29 is 23.8 Å². The van der Waals surface area contributed by atoms with E-state index in [1.54, 1.807) is 12.1 Å². The SMILES string of the molecule is COc1cc(C(=O)NC(C(=O)NCC2(c3ccccc3)CCC2)C(C)C)cc(OC)c1OC. The summed E-state index contributed by atoms with van der Waals surface area (Å²) in [6, 6.07) is 12.8. The van der Waals surface area contributed by atoms with Gasteiger partial charge in [-0.3, -0.25) is 9.59 Å². The third-order valence-electron chi connectivity index (χ3n) is 6.46. The van der Waals surface area contributed by atoms with Crippen LogP contribution in [-0.4, -0.2) is 45.7 Å². The maximum Gasteiger partial charge on any atom is 0.252 e. The van der Waals surface area contributed by atoms with Crippen molar-refractivity contribution >= 4 is 11.8 Å².